The summed E-state index contributed by atoms with van der Waals surface area (Å²) in [7, 11) is 0. The standard InChI is InChI=1S/C15H17ClN6O2/c16-10-6-7-12(17-8-10)21-15-13(22(23)24)14(18-9-19-15)20-11-4-2-1-3-5-11/h6-9,11H,1-5H2,(H2,17,18,19,20,21). The average molecular weight is 349 g/mol. The van der Waals surface area contributed by atoms with Crippen LogP contribution in [0.3, 0.4) is 0 Å². The van der Waals surface area contributed by atoms with Gasteiger partial charge in [0.25, 0.3) is 0 Å². The lowest BCUT2D eigenvalue weighted by molar-refractivity contribution is -0.383. The summed E-state index contributed by atoms with van der Waals surface area (Å²) in [5, 5.41) is 18.1. The molecule has 0 spiro atoms. The molecule has 24 heavy (non-hydrogen) atoms. The van der Waals surface area contributed by atoms with Gasteiger partial charge in [-0.3, -0.25) is 10.1 Å². The number of halogens is 1. The van der Waals surface area contributed by atoms with Crippen LogP contribution in [0.2, 0.25) is 5.02 Å². The van der Waals surface area contributed by atoms with E-state index in [1.807, 2.05) is 0 Å². The predicted molar refractivity (Wildman–Crippen MR) is 91.7 cm³/mol. The zero-order valence-electron chi connectivity index (χ0n) is 12.9. The number of nitro groups is 1. The molecule has 9 heteroatoms. The first kappa shape index (κ1) is 16.4. The predicted octanol–water partition coefficient (Wildman–Crippen LogP) is 3.92. The maximum atomic E-state index is 11.5. The Hall–Kier alpha value is -2.48. The molecule has 2 aromatic rings. The fourth-order valence-electron chi connectivity index (χ4n) is 2.76. The lowest BCUT2D eigenvalue weighted by Crippen LogP contribution is -2.23. The van der Waals surface area contributed by atoms with Crippen molar-refractivity contribution in [3.05, 3.63) is 39.8 Å². The van der Waals surface area contributed by atoms with Crippen molar-refractivity contribution < 1.29 is 4.92 Å². The first-order valence-electron chi connectivity index (χ1n) is 7.78. The van der Waals surface area contributed by atoms with Crippen LogP contribution in [0.4, 0.5) is 23.1 Å². The molecule has 1 aliphatic carbocycles. The van der Waals surface area contributed by atoms with E-state index in [4.69, 9.17) is 11.6 Å². The minimum absolute atomic E-state index is 0.100. The van der Waals surface area contributed by atoms with Gasteiger partial charge in [0.1, 0.15) is 12.1 Å². The first-order chi connectivity index (χ1) is 11.6. The molecule has 0 saturated heterocycles. The topological polar surface area (TPSA) is 106 Å². The van der Waals surface area contributed by atoms with Crippen LogP contribution in [0.5, 0.6) is 0 Å². The molecule has 3 rings (SSSR count). The van der Waals surface area contributed by atoms with Gasteiger partial charge in [0.05, 0.1) is 9.95 Å². The summed E-state index contributed by atoms with van der Waals surface area (Å²) in [6.45, 7) is 0. The molecule has 0 aliphatic heterocycles. The summed E-state index contributed by atoms with van der Waals surface area (Å²) in [6.07, 6.45) is 8.19. The Labute approximate surface area is 143 Å². The van der Waals surface area contributed by atoms with Crippen LogP contribution in [0, 0.1) is 10.1 Å². The van der Waals surface area contributed by atoms with E-state index in [1.54, 1.807) is 12.1 Å². The second-order valence-corrected chi connectivity index (χ2v) is 6.08. The van der Waals surface area contributed by atoms with Crippen LogP contribution >= 0.6 is 11.6 Å². The second-order valence-electron chi connectivity index (χ2n) is 5.64. The highest BCUT2D eigenvalue weighted by Gasteiger charge is 2.25. The van der Waals surface area contributed by atoms with Crippen LogP contribution in [-0.4, -0.2) is 25.9 Å². The van der Waals surface area contributed by atoms with Gasteiger partial charge in [-0.15, -0.1) is 0 Å². The van der Waals surface area contributed by atoms with E-state index in [1.165, 1.54) is 18.9 Å². The van der Waals surface area contributed by atoms with Crippen LogP contribution in [0.25, 0.3) is 0 Å². The van der Waals surface area contributed by atoms with Gasteiger partial charge in [-0.25, -0.2) is 15.0 Å². The van der Waals surface area contributed by atoms with E-state index in [0.29, 0.717) is 10.8 Å². The third-order valence-corrected chi connectivity index (χ3v) is 4.15. The smallest absolute Gasteiger partial charge is 0.353 e. The maximum Gasteiger partial charge on any atom is 0.353 e. The molecule has 0 bridgehead atoms. The Morgan fingerprint density at radius 1 is 1.12 bits per heavy atom. The molecule has 1 saturated carbocycles. The normalized spacial score (nSPS) is 15.0. The maximum absolute atomic E-state index is 11.5. The monoisotopic (exact) mass is 348 g/mol. The number of hydrogen-bond acceptors (Lipinski definition) is 7. The Bertz CT molecular complexity index is 718. The van der Waals surface area contributed by atoms with Crippen molar-refractivity contribution in [2.75, 3.05) is 10.6 Å². The third kappa shape index (κ3) is 3.88. The second kappa shape index (κ2) is 7.39. The van der Waals surface area contributed by atoms with Crippen LogP contribution in [0.15, 0.2) is 24.7 Å². The molecule has 0 radical (unpaired) electrons. The molecule has 0 atom stereocenters. The van der Waals surface area contributed by atoms with Gasteiger partial charge in [-0.05, 0) is 25.0 Å². The quantitative estimate of drug-likeness (QED) is 0.623. The van der Waals surface area contributed by atoms with Crippen molar-refractivity contribution >= 4 is 34.7 Å². The molecule has 0 unspecified atom stereocenters. The van der Waals surface area contributed by atoms with E-state index < -0.39 is 4.92 Å². The number of hydrogen-bond donors (Lipinski definition) is 2. The van der Waals surface area contributed by atoms with Gasteiger partial charge in [0.15, 0.2) is 0 Å². The Morgan fingerprint density at radius 3 is 2.54 bits per heavy atom. The molecule has 1 aliphatic rings. The fraction of sp³-hybridized carbons (Fsp3) is 0.400. The largest absolute Gasteiger partial charge is 0.361 e. The first-order valence-corrected chi connectivity index (χ1v) is 8.16. The van der Waals surface area contributed by atoms with Crippen molar-refractivity contribution in [1.29, 1.82) is 0 Å². The zero-order valence-corrected chi connectivity index (χ0v) is 13.7. The van der Waals surface area contributed by atoms with Crippen molar-refractivity contribution in [3.8, 4) is 0 Å². The van der Waals surface area contributed by atoms with Gasteiger partial charge in [0, 0.05) is 12.2 Å². The van der Waals surface area contributed by atoms with Gasteiger partial charge >= 0.3 is 5.69 Å². The van der Waals surface area contributed by atoms with Gasteiger partial charge in [0.2, 0.25) is 11.6 Å². The molecule has 2 N–H and O–H groups in total. The van der Waals surface area contributed by atoms with E-state index in [2.05, 4.69) is 25.6 Å². The van der Waals surface area contributed by atoms with Crippen molar-refractivity contribution in [1.82, 2.24) is 15.0 Å². The summed E-state index contributed by atoms with van der Waals surface area (Å²) in [6, 6.07) is 3.47. The van der Waals surface area contributed by atoms with Gasteiger partial charge in [-0.2, -0.15) is 0 Å². The number of nitrogens with zero attached hydrogens (tertiary/aromatic N) is 4. The average Bonchev–Trinajstić information content (AvgIpc) is 2.58. The molecular formula is C15H17ClN6O2. The molecule has 8 nitrogen and oxygen atoms in total. The fourth-order valence-corrected chi connectivity index (χ4v) is 2.87. The molecular weight excluding hydrogens is 332 g/mol. The zero-order chi connectivity index (χ0) is 16.9. The van der Waals surface area contributed by atoms with E-state index in [9.17, 15) is 10.1 Å². The van der Waals surface area contributed by atoms with Crippen molar-refractivity contribution in [2.45, 2.75) is 38.1 Å². The molecule has 2 heterocycles. The molecule has 0 aromatic carbocycles. The molecule has 1 fully saturated rings. The highest BCUT2D eigenvalue weighted by atomic mass is 35.5. The third-order valence-electron chi connectivity index (χ3n) is 3.92. The Kier molecular flexibility index (Phi) is 5.05. The van der Waals surface area contributed by atoms with Gasteiger partial charge < -0.3 is 10.6 Å². The Morgan fingerprint density at radius 2 is 1.88 bits per heavy atom. The number of pyridine rings is 1. The van der Waals surface area contributed by atoms with Crippen LogP contribution in [-0.2, 0) is 0 Å². The lowest BCUT2D eigenvalue weighted by Gasteiger charge is -2.23. The lowest BCUT2D eigenvalue weighted by atomic mass is 9.95. The number of nitrogens with one attached hydrogen (secondary N) is 2. The highest BCUT2D eigenvalue weighted by molar-refractivity contribution is 6.30. The van der Waals surface area contributed by atoms with E-state index in [-0.39, 0.29) is 23.4 Å². The number of rotatable bonds is 5. The van der Waals surface area contributed by atoms with E-state index >= 15 is 0 Å². The van der Waals surface area contributed by atoms with Crippen LogP contribution in [0.1, 0.15) is 32.1 Å². The summed E-state index contributed by atoms with van der Waals surface area (Å²) < 4.78 is 0. The summed E-state index contributed by atoms with van der Waals surface area (Å²) in [5.74, 6) is 0.756. The highest BCUT2D eigenvalue weighted by Crippen LogP contribution is 2.32. The van der Waals surface area contributed by atoms with Crippen molar-refractivity contribution in [3.63, 3.8) is 0 Å². The van der Waals surface area contributed by atoms with Gasteiger partial charge in [-0.1, -0.05) is 30.9 Å². The Balaban J connectivity index is 1.86. The van der Waals surface area contributed by atoms with Crippen molar-refractivity contribution in [2.24, 2.45) is 0 Å². The van der Waals surface area contributed by atoms with Crippen LogP contribution < -0.4 is 10.6 Å². The van der Waals surface area contributed by atoms with E-state index in [0.717, 1.165) is 25.7 Å². The number of anilines is 3. The number of aromatic nitrogens is 3. The summed E-state index contributed by atoms with van der Waals surface area (Å²) in [4.78, 5) is 23.2. The molecule has 0 amide bonds. The SMILES string of the molecule is O=[N+]([O-])c1c(Nc2ccc(Cl)cn2)ncnc1NC1CCCCC1. The molecule has 126 valence electrons. The summed E-state index contributed by atoms with van der Waals surface area (Å²) in [5.41, 5.74) is -0.181. The molecule has 2 aromatic heterocycles. The summed E-state index contributed by atoms with van der Waals surface area (Å²) >= 11 is 5.80. The minimum atomic E-state index is -0.483. The minimum Gasteiger partial charge on any atom is -0.361 e.